The molecule has 0 radical (unpaired) electrons. The van der Waals surface area contributed by atoms with Gasteiger partial charge < -0.3 is 10.3 Å². The van der Waals surface area contributed by atoms with E-state index in [1.807, 2.05) is 0 Å². The number of hydrogen-bond donors (Lipinski definition) is 2. The van der Waals surface area contributed by atoms with Crippen molar-refractivity contribution in [3.8, 4) is 11.6 Å². The van der Waals surface area contributed by atoms with E-state index < -0.39 is 0 Å². The Labute approximate surface area is 85.4 Å². The quantitative estimate of drug-likeness (QED) is 0.702. The molecule has 0 aliphatic carbocycles. The van der Waals surface area contributed by atoms with E-state index in [4.69, 9.17) is 10.3 Å². The van der Waals surface area contributed by atoms with Crippen molar-refractivity contribution in [2.45, 2.75) is 12.5 Å². The van der Waals surface area contributed by atoms with Crippen LogP contribution in [-0.4, -0.2) is 25.3 Å². The van der Waals surface area contributed by atoms with Gasteiger partial charge in [-0.2, -0.15) is 10.1 Å². The molecule has 78 valence electrons. The number of nitrogens with one attached hydrogen (secondary N) is 1. The fourth-order valence-corrected chi connectivity index (χ4v) is 1.08. The van der Waals surface area contributed by atoms with Gasteiger partial charge in [0.2, 0.25) is 11.7 Å². The van der Waals surface area contributed by atoms with Crippen LogP contribution in [0.1, 0.15) is 18.4 Å². The largest absolute Gasteiger partial charge is 0.337 e. The Bertz CT molecular complexity index is 434. The van der Waals surface area contributed by atoms with Crippen molar-refractivity contribution >= 4 is 0 Å². The summed E-state index contributed by atoms with van der Waals surface area (Å²) in [5.74, 6) is 1.17. The molecule has 0 amide bonds. The minimum atomic E-state index is -0.327. The van der Waals surface area contributed by atoms with Gasteiger partial charge in [0.05, 0.1) is 6.04 Å². The molecule has 0 saturated heterocycles. The maximum Gasteiger partial charge on any atom is 0.244 e. The SMILES string of the molecule is C=CCC(N)c1nc(-c2ncn[nH]2)no1. The number of nitrogens with two attached hydrogens (primary N) is 1. The smallest absolute Gasteiger partial charge is 0.244 e. The van der Waals surface area contributed by atoms with Crippen molar-refractivity contribution in [2.24, 2.45) is 5.73 Å². The van der Waals surface area contributed by atoms with Gasteiger partial charge in [-0.15, -0.1) is 6.58 Å². The number of nitrogens with zero attached hydrogens (tertiary/aromatic N) is 4. The van der Waals surface area contributed by atoms with E-state index in [9.17, 15) is 0 Å². The lowest BCUT2D eigenvalue weighted by Gasteiger charge is -1.99. The highest BCUT2D eigenvalue weighted by Gasteiger charge is 2.15. The number of aromatic nitrogens is 5. The maximum atomic E-state index is 5.76. The lowest BCUT2D eigenvalue weighted by atomic mass is 10.2. The second-order valence-electron chi connectivity index (χ2n) is 2.92. The standard InChI is InChI=1S/C8H10N6O/c1-2-3-5(9)8-12-7(14-15-8)6-10-4-11-13-6/h2,4-5H,1,3,9H2,(H,10,11,13). The summed E-state index contributed by atoms with van der Waals surface area (Å²) in [6.07, 6.45) is 3.65. The molecule has 2 aromatic heterocycles. The van der Waals surface area contributed by atoms with E-state index >= 15 is 0 Å². The highest BCUT2D eigenvalue weighted by atomic mass is 16.5. The van der Waals surface area contributed by atoms with Crippen molar-refractivity contribution in [1.29, 1.82) is 0 Å². The molecule has 0 aliphatic rings. The Morgan fingerprint density at radius 1 is 1.67 bits per heavy atom. The molecular formula is C8H10N6O. The van der Waals surface area contributed by atoms with Gasteiger partial charge in [-0.3, -0.25) is 5.10 Å². The summed E-state index contributed by atoms with van der Waals surface area (Å²) in [5, 5.41) is 10.0. The summed E-state index contributed by atoms with van der Waals surface area (Å²) in [6.45, 7) is 3.58. The van der Waals surface area contributed by atoms with E-state index in [0.717, 1.165) is 0 Å². The second-order valence-corrected chi connectivity index (χ2v) is 2.92. The van der Waals surface area contributed by atoms with E-state index in [-0.39, 0.29) is 6.04 Å². The van der Waals surface area contributed by atoms with Crippen molar-refractivity contribution < 1.29 is 4.52 Å². The molecule has 2 aromatic rings. The summed E-state index contributed by atoms with van der Waals surface area (Å²) in [4.78, 5) is 7.98. The van der Waals surface area contributed by atoms with Crippen molar-refractivity contribution in [3.63, 3.8) is 0 Å². The van der Waals surface area contributed by atoms with Gasteiger partial charge in [-0.25, -0.2) is 4.98 Å². The second kappa shape index (κ2) is 4.01. The third-order valence-corrected chi connectivity index (χ3v) is 1.81. The molecule has 7 nitrogen and oxygen atoms in total. The number of hydrogen-bond acceptors (Lipinski definition) is 6. The van der Waals surface area contributed by atoms with E-state index in [2.05, 4.69) is 31.9 Å². The minimum Gasteiger partial charge on any atom is -0.337 e. The van der Waals surface area contributed by atoms with Crippen molar-refractivity contribution in [2.75, 3.05) is 0 Å². The first-order valence-corrected chi connectivity index (χ1v) is 4.37. The van der Waals surface area contributed by atoms with E-state index in [0.29, 0.717) is 24.0 Å². The molecule has 3 N–H and O–H groups in total. The summed E-state index contributed by atoms with van der Waals surface area (Å²) in [7, 11) is 0. The van der Waals surface area contributed by atoms with Crippen LogP contribution < -0.4 is 5.73 Å². The zero-order valence-corrected chi connectivity index (χ0v) is 7.92. The monoisotopic (exact) mass is 206 g/mol. The molecule has 0 aromatic carbocycles. The van der Waals surface area contributed by atoms with Crippen LogP contribution in [0.25, 0.3) is 11.6 Å². The minimum absolute atomic E-state index is 0.327. The van der Waals surface area contributed by atoms with E-state index in [1.165, 1.54) is 6.33 Å². The highest BCUT2D eigenvalue weighted by Crippen LogP contribution is 2.15. The Balaban J connectivity index is 2.20. The predicted molar refractivity (Wildman–Crippen MR) is 51.4 cm³/mol. The summed E-state index contributed by atoms with van der Waals surface area (Å²) in [6, 6.07) is -0.327. The number of aromatic amines is 1. The average molecular weight is 206 g/mol. The molecule has 15 heavy (non-hydrogen) atoms. The maximum absolute atomic E-state index is 5.76. The lowest BCUT2D eigenvalue weighted by Crippen LogP contribution is -2.09. The van der Waals surface area contributed by atoms with Crippen LogP contribution in [0.2, 0.25) is 0 Å². The number of H-pyrrole nitrogens is 1. The zero-order chi connectivity index (χ0) is 10.7. The van der Waals surface area contributed by atoms with Gasteiger partial charge in [0.15, 0.2) is 5.82 Å². The lowest BCUT2D eigenvalue weighted by molar-refractivity contribution is 0.355. The summed E-state index contributed by atoms with van der Waals surface area (Å²) >= 11 is 0. The van der Waals surface area contributed by atoms with Crippen LogP contribution in [0.5, 0.6) is 0 Å². The first-order valence-electron chi connectivity index (χ1n) is 4.37. The Morgan fingerprint density at radius 3 is 3.20 bits per heavy atom. The van der Waals surface area contributed by atoms with Gasteiger partial charge in [-0.1, -0.05) is 11.2 Å². The van der Waals surface area contributed by atoms with Crippen LogP contribution in [0, 0.1) is 0 Å². The van der Waals surface area contributed by atoms with Crippen LogP contribution in [0.3, 0.4) is 0 Å². The molecule has 1 unspecified atom stereocenters. The summed E-state index contributed by atoms with van der Waals surface area (Å²) in [5.41, 5.74) is 5.76. The van der Waals surface area contributed by atoms with Gasteiger partial charge >= 0.3 is 0 Å². The van der Waals surface area contributed by atoms with Crippen LogP contribution in [0.4, 0.5) is 0 Å². The van der Waals surface area contributed by atoms with Crippen LogP contribution in [-0.2, 0) is 0 Å². The average Bonchev–Trinajstić information content (AvgIpc) is 2.89. The molecular weight excluding hydrogens is 196 g/mol. The fourth-order valence-electron chi connectivity index (χ4n) is 1.08. The molecule has 2 rings (SSSR count). The molecule has 0 aliphatic heterocycles. The zero-order valence-electron chi connectivity index (χ0n) is 7.92. The van der Waals surface area contributed by atoms with Crippen LogP contribution in [0.15, 0.2) is 23.5 Å². The molecule has 0 saturated carbocycles. The topological polar surface area (TPSA) is 107 Å². The summed E-state index contributed by atoms with van der Waals surface area (Å²) < 4.78 is 4.98. The van der Waals surface area contributed by atoms with Crippen LogP contribution >= 0.6 is 0 Å². The third kappa shape index (κ3) is 1.91. The van der Waals surface area contributed by atoms with Gasteiger partial charge in [-0.05, 0) is 6.42 Å². The van der Waals surface area contributed by atoms with Gasteiger partial charge in [0, 0.05) is 0 Å². The fraction of sp³-hybridized carbons (Fsp3) is 0.250. The molecule has 7 heteroatoms. The Kier molecular flexibility index (Phi) is 2.55. The Morgan fingerprint density at radius 2 is 2.53 bits per heavy atom. The number of rotatable bonds is 4. The first kappa shape index (κ1) is 9.53. The molecule has 0 spiro atoms. The van der Waals surface area contributed by atoms with Gasteiger partial charge in [0.25, 0.3) is 0 Å². The van der Waals surface area contributed by atoms with E-state index in [1.54, 1.807) is 6.08 Å². The molecule has 1 atom stereocenters. The normalized spacial score (nSPS) is 12.6. The highest BCUT2D eigenvalue weighted by molar-refractivity contribution is 5.39. The van der Waals surface area contributed by atoms with Gasteiger partial charge in [0.1, 0.15) is 6.33 Å². The molecule has 2 heterocycles. The third-order valence-electron chi connectivity index (χ3n) is 1.81. The first-order chi connectivity index (χ1) is 7.31. The molecule has 0 fully saturated rings. The molecule has 0 bridgehead atoms. The van der Waals surface area contributed by atoms with Crippen molar-refractivity contribution in [1.82, 2.24) is 25.3 Å². The Hall–Kier alpha value is -2.02. The predicted octanol–water partition coefficient (Wildman–Crippen LogP) is 0.431. The van der Waals surface area contributed by atoms with Crippen molar-refractivity contribution in [3.05, 3.63) is 24.9 Å².